The molecule has 3 aromatic carbocycles. The van der Waals surface area contributed by atoms with Crippen molar-refractivity contribution >= 4 is 46.3 Å². The van der Waals surface area contributed by atoms with Crippen LogP contribution >= 0.6 is 0 Å². The number of rotatable bonds is 6. The SMILES string of the molecule is COc1ccc2c(c1)/C(=C/c1ccc3c(/C=C/c4ccc(CN(C)C)cc4)n[nH]c3c1)C(=O)N2. The maximum absolute atomic E-state index is 12.5. The average Bonchev–Trinajstić information content (AvgIpc) is 3.38. The molecule has 2 heterocycles. The Morgan fingerprint density at radius 2 is 1.76 bits per heavy atom. The van der Waals surface area contributed by atoms with Gasteiger partial charge in [-0.3, -0.25) is 9.89 Å². The van der Waals surface area contributed by atoms with Gasteiger partial charge in [-0.1, -0.05) is 36.4 Å². The highest BCUT2D eigenvalue weighted by molar-refractivity contribution is 6.35. The van der Waals surface area contributed by atoms with E-state index in [1.807, 2.05) is 48.6 Å². The molecule has 1 aliphatic rings. The van der Waals surface area contributed by atoms with Crippen molar-refractivity contribution in [2.75, 3.05) is 26.5 Å². The van der Waals surface area contributed by atoms with Gasteiger partial charge in [-0.05, 0) is 73.3 Å². The van der Waals surface area contributed by atoms with Crippen molar-refractivity contribution in [3.63, 3.8) is 0 Å². The van der Waals surface area contributed by atoms with Gasteiger partial charge in [0.05, 0.1) is 18.3 Å². The highest BCUT2D eigenvalue weighted by Gasteiger charge is 2.24. The number of aromatic amines is 1. The molecule has 0 spiro atoms. The summed E-state index contributed by atoms with van der Waals surface area (Å²) in [6, 6.07) is 20.2. The number of hydrogen-bond donors (Lipinski definition) is 2. The van der Waals surface area contributed by atoms with Crippen molar-refractivity contribution in [2.24, 2.45) is 0 Å². The van der Waals surface area contributed by atoms with E-state index in [0.717, 1.165) is 45.5 Å². The fourth-order valence-electron chi connectivity index (χ4n) is 4.15. The summed E-state index contributed by atoms with van der Waals surface area (Å²) in [6.07, 6.45) is 5.98. The zero-order valence-corrected chi connectivity index (χ0v) is 19.4. The molecule has 0 saturated heterocycles. The third-order valence-electron chi connectivity index (χ3n) is 5.85. The van der Waals surface area contributed by atoms with E-state index in [1.54, 1.807) is 7.11 Å². The minimum atomic E-state index is -0.117. The Balaban J connectivity index is 1.39. The number of carbonyl (C=O) groups excluding carboxylic acids is 1. The number of fused-ring (bicyclic) bond motifs is 2. The van der Waals surface area contributed by atoms with Crippen LogP contribution in [0.25, 0.3) is 34.7 Å². The average molecular weight is 451 g/mol. The number of anilines is 1. The van der Waals surface area contributed by atoms with E-state index in [9.17, 15) is 4.79 Å². The lowest BCUT2D eigenvalue weighted by molar-refractivity contribution is -0.110. The first-order valence-corrected chi connectivity index (χ1v) is 11.1. The number of methoxy groups -OCH3 is 1. The van der Waals surface area contributed by atoms with Crippen molar-refractivity contribution < 1.29 is 9.53 Å². The Morgan fingerprint density at radius 1 is 0.971 bits per heavy atom. The van der Waals surface area contributed by atoms with Gasteiger partial charge in [0.2, 0.25) is 0 Å². The summed E-state index contributed by atoms with van der Waals surface area (Å²) < 4.78 is 5.32. The van der Waals surface area contributed by atoms with E-state index < -0.39 is 0 Å². The lowest BCUT2D eigenvalue weighted by Crippen LogP contribution is -2.10. The van der Waals surface area contributed by atoms with Crippen molar-refractivity contribution in [1.29, 1.82) is 0 Å². The molecule has 0 fully saturated rings. The zero-order chi connectivity index (χ0) is 23.7. The molecular formula is C28H26N4O2. The Morgan fingerprint density at radius 3 is 2.53 bits per heavy atom. The maximum atomic E-state index is 12.5. The molecule has 170 valence electrons. The molecule has 0 unspecified atom stereocenters. The van der Waals surface area contributed by atoms with Crippen LogP contribution < -0.4 is 10.1 Å². The smallest absolute Gasteiger partial charge is 0.256 e. The van der Waals surface area contributed by atoms with Crippen LogP contribution in [-0.2, 0) is 11.3 Å². The number of nitrogens with one attached hydrogen (secondary N) is 2. The first-order chi connectivity index (χ1) is 16.5. The van der Waals surface area contributed by atoms with Gasteiger partial charge in [0.25, 0.3) is 5.91 Å². The summed E-state index contributed by atoms with van der Waals surface area (Å²) >= 11 is 0. The van der Waals surface area contributed by atoms with Crippen LogP contribution in [0.3, 0.4) is 0 Å². The van der Waals surface area contributed by atoms with Gasteiger partial charge >= 0.3 is 0 Å². The Hall–Kier alpha value is -4.16. The highest BCUT2D eigenvalue weighted by atomic mass is 16.5. The highest BCUT2D eigenvalue weighted by Crippen LogP contribution is 2.36. The molecule has 6 heteroatoms. The predicted molar refractivity (Wildman–Crippen MR) is 138 cm³/mol. The molecule has 0 atom stereocenters. The largest absolute Gasteiger partial charge is 0.497 e. The van der Waals surface area contributed by atoms with Gasteiger partial charge < -0.3 is 15.0 Å². The second kappa shape index (κ2) is 9.00. The van der Waals surface area contributed by atoms with Crippen LogP contribution in [0.1, 0.15) is 27.9 Å². The van der Waals surface area contributed by atoms with Crippen molar-refractivity contribution in [1.82, 2.24) is 15.1 Å². The zero-order valence-electron chi connectivity index (χ0n) is 19.4. The Kier molecular flexibility index (Phi) is 5.74. The number of carbonyl (C=O) groups is 1. The van der Waals surface area contributed by atoms with Crippen LogP contribution in [0, 0.1) is 0 Å². The second-order valence-corrected chi connectivity index (χ2v) is 8.65. The molecule has 1 aromatic heterocycles. The summed E-state index contributed by atoms with van der Waals surface area (Å²) in [6.45, 7) is 0.924. The van der Waals surface area contributed by atoms with Crippen molar-refractivity contribution in [3.05, 3.63) is 88.6 Å². The molecule has 1 aliphatic heterocycles. The number of ether oxygens (including phenoxy) is 1. The molecule has 0 aliphatic carbocycles. The Bertz CT molecular complexity index is 1430. The molecule has 5 rings (SSSR count). The fraction of sp³-hybridized carbons (Fsp3) is 0.143. The summed E-state index contributed by atoms with van der Waals surface area (Å²) in [5, 5.41) is 11.5. The second-order valence-electron chi connectivity index (χ2n) is 8.65. The Labute approximate surface area is 198 Å². The molecule has 6 nitrogen and oxygen atoms in total. The van der Waals surface area contributed by atoms with Gasteiger partial charge in [0.1, 0.15) is 5.75 Å². The summed E-state index contributed by atoms with van der Waals surface area (Å²) in [7, 11) is 5.75. The molecule has 0 bridgehead atoms. The molecule has 0 saturated carbocycles. The minimum Gasteiger partial charge on any atom is -0.497 e. The number of benzene rings is 3. The number of aromatic nitrogens is 2. The van der Waals surface area contributed by atoms with Gasteiger partial charge in [0.15, 0.2) is 0 Å². The predicted octanol–water partition coefficient (Wildman–Crippen LogP) is 5.30. The number of hydrogen-bond acceptors (Lipinski definition) is 4. The van der Waals surface area contributed by atoms with Gasteiger partial charge in [0, 0.05) is 28.8 Å². The first-order valence-electron chi connectivity index (χ1n) is 11.1. The minimum absolute atomic E-state index is 0.117. The number of H-pyrrole nitrogens is 1. The molecule has 1 amide bonds. The van der Waals surface area contributed by atoms with Crippen LogP contribution in [0.15, 0.2) is 60.7 Å². The normalized spacial score (nSPS) is 14.4. The summed E-state index contributed by atoms with van der Waals surface area (Å²) in [5.41, 5.74) is 7.37. The van der Waals surface area contributed by atoms with Crippen LogP contribution in [0.5, 0.6) is 5.75 Å². The molecule has 2 N–H and O–H groups in total. The lowest BCUT2D eigenvalue weighted by Gasteiger charge is -2.09. The van der Waals surface area contributed by atoms with Crippen molar-refractivity contribution in [2.45, 2.75) is 6.54 Å². The van der Waals surface area contributed by atoms with Crippen LogP contribution in [-0.4, -0.2) is 42.2 Å². The van der Waals surface area contributed by atoms with Gasteiger partial charge in [-0.2, -0.15) is 5.10 Å². The van der Waals surface area contributed by atoms with E-state index in [2.05, 4.69) is 64.9 Å². The van der Waals surface area contributed by atoms with E-state index in [1.165, 1.54) is 5.56 Å². The quantitative estimate of drug-likeness (QED) is 0.391. The third-order valence-corrected chi connectivity index (χ3v) is 5.85. The van der Waals surface area contributed by atoms with E-state index in [-0.39, 0.29) is 5.91 Å². The van der Waals surface area contributed by atoms with E-state index >= 15 is 0 Å². The van der Waals surface area contributed by atoms with Crippen LogP contribution in [0.2, 0.25) is 0 Å². The third kappa shape index (κ3) is 4.36. The number of amides is 1. The van der Waals surface area contributed by atoms with Gasteiger partial charge in [-0.25, -0.2) is 0 Å². The van der Waals surface area contributed by atoms with Gasteiger partial charge in [-0.15, -0.1) is 0 Å². The lowest BCUT2D eigenvalue weighted by atomic mass is 10.0. The molecular weight excluding hydrogens is 424 g/mol. The number of nitrogens with zero attached hydrogens (tertiary/aromatic N) is 2. The van der Waals surface area contributed by atoms with E-state index in [0.29, 0.717) is 11.3 Å². The topological polar surface area (TPSA) is 70.2 Å². The molecule has 0 radical (unpaired) electrons. The van der Waals surface area contributed by atoms with Crippen molar-refractivity contribution in [3.8, 4) is 5.75 Å². The molecule has 4 aromatic rings. The summed E-state index contributed by atoms with van der Waals surface area (Å²) in [4.78, 5) is 14.7. The van der Waals surface area contributed by atoms with Crippen LogP contribution in [0.4, 0.5) is 5.69 Å². The fourth-order valence-corrected chi connectivity index (χ4v) is 4.15. The summed E-state index contributed by atoms with van der Waals surface area (Å²) in [5.74, 6) is 0.599. The first kappa shape index (κ1) is 21.7. The standard InChI is InChI=1S/C28H26N4O2/c1-32(2)17-19-6-4-18(5-7-19)9-12-26-22-11-8-20(15-27(22)31-30-26)14-24-23-16-21(34-3)10-13-25(23)29-28(24)33/h4-16H,17H2,1-3H3,(H,29,33)(H,30,31)/b12-9+,24-14-. The van der Waals surface area contributed by atoms with E-state index in [4.69, 9.17) is 4.74 Å². The molecule has 34 heavy (non-hydrogen) atoms. The maximum Gasteiger partial charge on any atom is 0.256 e. The monoisotopic (exact) mass is 450 g/mol.